The van der Waals surface area contributed by atoms with E-state index in [0.29, 0.717) is 5.75 Å². The van der Waals surface area contributed by atoms with Crippen LogP contribution in [0.2, 0.25) is 0 Å². The molecule has 14 heavy (non-hydrogen) atoms. The number of benzene rings is 1. The first-order valence-electron chi connectivity index (χ1n) is 4.40. The average Bonchev–Trinajstić information content (AvgIpc) is 2.62. The van der Waals surface area contributed by atoms with Crippen LogP contribution in [0.25, 0.3) is 6.08 Å². The SMILES string of the molecule is O=C(O)COc1cccc2c1C=CC2. The van der Waals surface area contributed by atoms with E-state index >= 15 is 0 Å². The molecule has 0 spiro atoms. The third-order valence-electron chi connectivity index (χ3n) is 2.13. The highest BCUT2D eigenvalue weighted by Gasteiger charge is 2.10. The van der Waals surface area contributed by atoms with E-state index in [-0.39, 0.29) is 6.61 Å². The van der Waals surface area contributed by atoms with E-state index in [1.807, 2.05) is 24.3 Å². The van der Waals surface area contributed by atoms with Crippen LogP contribution in [0.1, 0.15) is 11.1 Å². The maximum atomic E-state index is 10.3. The topological polar surface area (TPSA) is 46.5 Å². The number of aliphatic carboxylic acids is 1. The lowest BCUT2D eigenvalue weighted by atomic mass is 10.1. The predicted molar refractivity (Wildman–Crippen MR) is 52.3 cm³/mol. The summed E-state index contributed by atoms with van der Waals surface area (Å²) in [4.78, 5) is 10.3. The van der Waals surface area contributed by atoms with Gasteiger partial charge in [0.25, 0.3) is 0 Å². The van der Waals surface area contributed by atoms with Crippen molar-refractivity contribution < 1.29 is 14.6 Å². The predicted octanol–water partition coefficient (Wildman–Crippen LogP) is 1.72. The van der Waals surface area contributed by atoms with Crippen LogP contribution in [0, 0.1) is 0 Å². The molecule has 72 valence electrons. The van der Waals surface area contributed by atoms with Crippen molar-refractivity contribution in [1.82, 2.24) is 0 Å². The lowest BCUT2D eigenvalue weighted by molar-refractivity contribution is -0.139. The Morgan fingerprint density at radius 2 is 2.36 bits per heavy atom. The Morgan fingerprint density at radius 3 is 3.14 bits per heavy atom. The zero-order valence-electron chi connectivity index (χ0n) is 7.56. The van der Waals surface area contributed by atoms with Crippen molar-refractivity contribution in [3.05, 3.63) is 35.4 Å². The Balaban J connectivity index is 2.21. The molecule has 1 aliphatic rings. The highest BCUT2D eigenvalue weighted by molar-refractivity contribution is 5.70. The van der Waals surface area contributed by atoms with E-state index in [1.54, 1.807) is 6.07 Å². The van der Waals surface area contributed by atoms with Crippen LogP contribution in [-0.2, 0) is 11.2 Å². The van der Waals surface area contributed by atoms with Crippen LogP contribution in [0.15, 0.2) is 24.3 Å². The number of allylic oxidation sites excluding steroid dienone is 1. The van der Waals surface area contributed by atoms with Crippen molar-refractivity contribution in [2.45, 2.75) is 6.42 Å². The maximum absolute atomic E-state index is 10.3. The van der Waals surface area contributed by atoms with Gasteiger partial charge in [-0.2, -0.15) is 0 Å². The molecule has 0 atom stereocenters. The smallest absolute Gasteiger partial charge is 0.341 e. The third-order valence-corrected chi connectivity index (χ3v) is 2.13. The monoisotopic (exact) mass is 190 g/mol. The van der Waals surface area contributed by atoms with Gasteiger partial charge in [-0.05, 0) is 18.1 Å². The van der Waals surface area contributed by atoms with E-state index in [0.717, 1.165) is 12.0 Å². The number of hydrogen-bond donors (Lipinski definition) is 1. The summed E-state index contributed by atoms with van der Waals surface area (Å²) < 4.78 is 5.16. The van der Waals surface area contributed by atoms with Crippen LogP contribution in [0.3, 0.4) is 0 Å². The first-order chi connectivity index (χ1) is 6.77. The molecule has 2 rings (SSSR count). The van der Waals surface area contributed by atoms with E-state index < -0.39 is 5.97 Å². The van der Waals surface area contributed by atoms with Crippen molar-refractivity contribution in [3.63, 3.8) is 0 Å². The van der Waals surface area contributed by atoms with Gasteiger partial charge in [-0.15, -0.1) is 0 Å². The average molecular weight is 190 g/mol. The van der Waals surface area contributed by atoms with E-state index in [9.17, 15) is 4.79 Å². The van der Waals surface area contributed by atoms with Gasteiger partial charge < -0.3 is 9.84 Å². The fourth-order valence-corrected chi connectivity index (χ4v) is 1.53. The normalized spacial score (nSPS) is 12.6. The van der Waals surface area contributed by atoms with Gasteiger partial charge >= 0.3 is 5.97 Å². The van der Waals surface area contributed by atoms with E-state index in [1.165, 1.54) is 5.56 Å². The molecular weight excluding hydrogens is 180 g/mol. The Morgan fingerprint density at radius 1 is 1.50 bits per heavy atom. The molecule has 0 unspecified atom stereocenters. The minimum absolute atomic E-state index is 0.287. The highest BCUT2D eigenvalue weighted by atomic mass is 16.5. The summed E-state index contributed by atoms with van der Waals surface area (Å²) in [6.45, 7) is -0.287. The first-order valence-corrected chi connectivity index (χ1v) is 4.40. The number of carboxylic acid groups (broad SMARTS) is 1. The molecule has 0 aliphatic heterocycles. The molecular formula is C11H10O3. The molecule has 0 radical (unpaired) electrons. The molecule has 0 saturated heterocycles. The summed E-state index contributed by atoms with van der Waals surface area (Å²) in [6.07, 6.45) is 4.91. The van der Waals surface area contributed by atoms with Gasteiger partial charge in [0.05, 0.1) is 0 Å². The Labute approximate surface area is 81.6 Å². The van der Waals surface area contributed by atoms with Gasteiger partial charge in [0.15, 0.2) is 6.61 Å². The third kappa shape index (κ3) is 1.62. The first kappa shape index (κ1) is 8.81. The van der Waals surface area contributed by atoms with Gasteiger partial charge in [-0.25, -0.2) is 4.79 Å². The molecule has 0 saturated carbocycles. The van der Waals surface area contributed by atoms with Crippen molar-refractivity contribution >= 4 is 12.0 Å². The molecule has 3 heteroatoms. The summed E-state index contributed by atoms with van der Waals surface area (Å²) in [7, 11) is 0. The molecule has 0 fully saturated rings. The van der Waals surface area contributed by atoms with Gasteiger partial charge in [0.2, 0.25) is 0 Å². The highest BCUT2D eigenvalue weighted by Crippen LogP contribution is 2.28. The van der Waals surface area contributed by atoms with Crippen molar-refractivity contribution in [2.24, 2.45) is 0 Å². The number of ether oxygens (including phenoxy) is 1. The largest absolute Gasteiger partial charge is 0.481 e. The van der Waals surface area contributed by atoms with Crippen LogP contribution in [0.4, 0.5) is 0 Å². The Bertz CT molecular complexity index is 394. The van der Waals surface area contributed by atoms with Gasteiger partial charge in [-0.1, -0.05) is 24.3 Å². The quantitative estimate of drug-likeness (QED) is 0.789. The molecule has 1 aromatic carbocycles. The zero-order valence-corrected chi connectivity index (χ0v) is 7.56. The summed E-state index contributed by atoms with van der Waals surface area (Å²) >= 11 is 0. The fourth-order valence-electron chi connectivity index (χ4n) is 1.53. The van der Waals surface area contributed by atoms with Crippen molar-refractivity contribution in [1.29, 1.82) is 0 Å². The summed E-state index contributed by atoms with van der Waals surface area (Å²) in [5.41, 5.74) is 2.20. The molecule has 0 amide bonds. The minimum Gasteiger partial charge on any atom is -0.481 e. The second kappa shape index (κ2) is 3.54. The minimum atomic E-state index is -0.954. The summed E-state index contributed by atoms with van der Waals surface area (Å²) in [6, 6.07) is 5.68. The van der Waals surface area contributed by atoms with Crippen LogP contribution >= 0.6 is 0 Å². The van der Waals surface area contributed by atoms with Crippen molar-refractivity contribution in [3.8, 4) is 5.75 Å². The lowest BCUT2D eigenvalue weighted by Gasteiger charge is -2.07. The van der Waals surface area contributed by atoms with Crippen LogP contribution < -0.4 is 4.74 Å². The molecule has 1 aliphatic carbocycles. The molecule has 0 bridgehead atoms. The second-order valence-electron chi connectivity index (χ2n) is 3.12. The number of hydrogen-bond acceptors (Lipinski definition) is 2. The molecule has 3 nitrogen and oxygen atoms in total. The number of carboxylic acids is 1. The fraction of sp³-hybridized carbons (Fsp3) is 0.182. The number of fused-ring (bicyclic) bond motifs is 1. The van der Waals surface area contributed by atoms with Gasteiger partial charge in [-0.3, -0.25) is 0 Å². The molecule has 0 aromatic heterocycles. The molecule has 1 aromatic rings. The Hall–Kier alpha value is -1.77. The summed E-state index contributed by atoms with van der Waals surface area (Å²) in [5, 5.41) is 8.48. The van der Waals surface area contributed by atoms with Crippen LogP contribution in [0.5, 0.6) is 5.75 Å². The molecule has 1 N–H and O–H groups in total. The molecule has 0 heterocycles. The van der Waals surface area contributed by atoms with Crippen LogP contribution in [-0.4, -0.2) is 17.7 Å². The van der Waals surface area contributed by atoms with Crippen molar-refractivity contribution in [2.75, 3.05) is 6.61 Å². The van der Waals surface area contributed by atoms with E-state index in [2.05, 4.69) is 0 Å². The maximum Gasteiger partial charge on any atom is 0.341 e. The lowest BCUT2D eigenvalue weighted by Crippen LogP contribution is -2.10. The van der Waals surface area contributed by atoms with Gasteiger partial charge in [0.1, 0.15) is 5.75 Å². The zero-order chi connectivity index (χ0) is 9.97. The second-order valence-corrected chi connectivity index (χ2v) is 3.12. The standard InChI is InChI=1S/C11H10O3/c12-11(13)7-14-10-6-2-4-8-3-1-5-9(8)10/h1-2,4-6H,3,7H2,(H,12,13). The Kier molecular flexibility index (Phi) is 2.23. The van der Waals surface area contributed by atoms with Gasteiger partial charge in [0, 0.05) is 5.56 Å². The number of carbonyl (C=O) groups is 1. The van der Waals surface area contributed by atoms with E-state index in [4.69, 9.17) is 9.84 Å². The summed E-state index contributed by atoms with van der Waals surface area (Å²) in [5.74, 6) is -0.303. The number of rotatable bonds is 3.